The lowest BCUT2D eigenvalue weighted by Crippen LogP contribution is -2.40. The number of ether oxygens (including phenoxy) is 1. The lowest BCUT2D eigenvalue weighted by Gasteiger charge is -2.23. The summed E-state index contributed by atoms with van der Waals surface area (Å²) in [6.45, 7) is 2.11. The third-order valence-corrected chi connectivity index (χ3v) is 4.92. The van der Waals surface area contributed by atoms with Gasteiger partial charge in [-0.25, -0.2) is 12.7 Å². The molecule has 2 rings (SSSR count). The van der Waals surface area contributed by atoms with Gasteiger partial charge in [0, 0.05) is 24.5 Å². The summed E-state index contributed by atoms with van der Waals surface area (Å²) < 4.78 is 31.0. The van der Waals surface area contributed by atoms with Crippen molar-refractivity contribution < 1.29 is 17.9 Å². The van der Waals surface area contributed by atoms with Crippen LogP contribution in [0.3, 0.4) is 0 Å². The van der Waals surface area contributed by atoms with E-state index in [4.69, 9.17) is 16.3 Å². The molecule has 5 nitrogen and oxygen atoms in total. The number of nitrogens with zero attached hydrogens (tertiary/aromatic N) is 1. The molecule has 0 bridgehead atoms. The Morgan fingerprint density at radius 1 is 1.37 bits per heavy atom. The first-order chi connectivity index (χ1) is 8.96. The average Bonchev–Trinajstić information content (AvgIpc) is 2.72. The van der Waals surface area contributed by atoms with E-state index in [0.29, 0.717) is 18.1 Å². The van der Waals surface area contributed by atoms with Crippen molar-refractivity contribution in [3.05, 3.63) is 29.3 Å². The van der Waals surface area contributed by atoms with E-state index in [1.807, 2.05) is 0 Å². The molecule has 7 heteroatoms. The van der Waals surface area contributed by atoms with Crippen LogP contribution in [0.5, 0.6) is 0 Å². The van der Waals surface area contributed by atoms with Crippen LogP contribution >= 0.6 is 11.6 Å². The fraction of sp³-hybridized carbons (Fsp3) is 0.417. The van der Waals surface area contributed by atoms with Gasteiger partial charge in [-0.1, -0.05) is 11.6 Å². The molecule has 1 amide bonds. The lowest BCUT2D eigenvalue weighted by atomic mass is 10.3. The first kappa shape index (κ1) is 14.3. The molecule has 0 spiro atoms. The highest BCUT2D eigenvalue weighted by Crippen LogP contribution is 2.28. The lowest BCUT2D eigenvalue weighted by molar-refractivity contribution is -0.128. The van der Waals surface area contributed by atoms with Crippen LogP contribution in [-0.4, -0.2) is 31.5 Å². The molecule has 1 aliphatic rings. The first-order valence-corrected chi connectivity index (χ1v) is 7.73. The zero-order chi connectivity index (χ0) is 14.0. The molecule has 1 fully saturated rings. The maximum Gasteiger partial charge on any atom is 0.268 e. The normalized spacial score (nSPS) is 20.0. The van der Waals surface area contributed by atoms with Crippen LogP contribution in [0.1, 0.15) is 19.8 Å². The van der Waals surface area contributed by atoms with Crippen LogP contribution in [0.25, 0.3) is 0 Å². The second-order valence-electron chi connectivity index (χ2n) is 4.10. The number of carbonyl (C=O) groups excluding carboxylic acids is 1. The quantitative estimate of drug-likeness (QED) is 0.853. The molecule has 0 saturated carbocycles. The molecule has 1 saturated heterocycles. The van der Waals surface area contributed by atoms with Gasteiger partial charge in [0.05, 0.1) is 4.90 Å². The van der Waals surface area contributed by atoms with E-state index in [2.05, 4.69) is 0 Å². The predicted molar refractivity (Wildman–Crippen MR) is 70.1 cm³/mol. The second-order valence-corrected chi connectivity index (χ2v) is 6.35. The molecule has 1 aromatic rings. The van der Waals surface area contributed by atoms with E-state index in [1.165, 1.54) is 24.3 Å². The molecule has 19 heavy (non-hydrogen) atoms. The summed E-state index contributed by atoms with van der Waals surface area (Å²) in [6.07, 6.45) is -0.144. The van der Waals surface area contributed by atoms with Crippen molar-refractivity contribution in [3.63, 3.8) is 0 Å². The van der Waals surface area contributed by atoms with Gasteiger partial charge in [0.15, 0.2) is 0 Å². The van der Waals surface area contributed by atoms with Crippen molar-refractivity contribution in [2.45, 2.75) is 30.9 Å². The van der Waals surface area contributed by atoms with Gasteiger partial charge in [-0.2, -0.15) is 0 Å². The minimum atomic E-state index is -3.88. The molecule has 1 aromatic carbocycles. The van der Waals surface area contributed by atoms with Crippen LogP contribution in [0.15, 0.2) is 29.2 Å². The highest BCUT2D eigenvalue weighted by molar-refractivity contribution is 7.89. The molecule has 104 valence electrons. The minimum absolute atomic E-state index is 0.0388. The molecular formula is C12H14ClNO4S. The maximum atomic E-state index is 12.4. The Bertz CT molecular complexity index is 570. The summed E-state index contributed by atoms with van der Waals surface area (Å²) in [6, 6.07) is 5.72. The summed E-state index contributed by atoms with van der Waals surface area (Å²) in [7, 11) is -3.88. The van der Waals surface area contributed by atoms with Gasteiger partial charge >= 0.3 is 0 Å². The molecule has 0 N–H and O–H groups in total. The zero-order valence-corrected chi connectivity index (χ0v) is 11.9. The van der Waals surface area contributed by atoms with Crippen LogP contribution in [0.4, 0.5) is 0 Å². The predicted octanol–water partition coefficient (Wildman–Crippen LogP) is 2.01. The SMILES string of the molecule is CCOC1CCC(=O)N1S(=O)(=O)c1ccc(Cl)cc1. The molecular weight excluding hydrogens is 290 g/mol. The Hall–Kier alpha value is -1.11. The Morgan fingerprint density at radius 3 is 2.58 bits per heavy atom. The number of amides is 1. The van der Waals surface area contributed by atoms with Gasteiger partial charge in [-0.05, 0) is 31.2 Å². The summed E-state index contributed by atoms with van der Waals surface area (Å²) in [4.78, 5) is 11.8. The Labute approximate surface area is 117 Å². The van der Waals surface area contributed by atoms with E-state index in [0.717, 1.165) is 4.31 Å². The van der Waals surface area contributed by atoms with Gasteiger partial charge in [-0.3, -0.25) is 4.79 Å². The summed E-state index contributed by atoms with van der Waals surface area (Å²) >= 11 is 5.73. The van der Waals surface area contributed by atoms with Crippen LogP contribution in [-0.2, 0) is 19.6 Å². The fourth-order valence-corrected chi connectivity index (χ4v) is 3.66. The van der Waals surface area contributed by atoms with Crippen molar-refractivity contribution in [3.8, 4) is 0 Å². The zero-order valence-electron chi connectivity index (χ0n) is 10.4. The standard InChI is InChI=1S/C12H14ClNO4S/c1-2-18-12-8-7-11(15)14(12)19(16,17)10-5-3-9(13)4-6-10/h3-6,12H,2,7-8H2,1H3. The second kappa shape index (κ2) is 5.48. The van der Waals surface area contributed by atoms with Gasteiger partial charge in [0.1, 0.15) is 6.23 Å². The van der Waals surface area contributed by atoms with Crippen LogP contribution < -0.4 is 0 Å². The molecule has 0 radical (unpaired) electrons. The van der Waals surface area contributed by atoms with E-state index in [1.54, 1.807) is 6.92 Å². The summed E-state index contributed by atoms with van der Waals surface area (Å²) in [5, 5.41) is 0.438. The number of sulfonamides is 1. The third-order valence-electron chi connectivity index (χ3n) is 2.84. The largest absolute Gasteiger partial charge is 0.357 e. The topological polar surface area (TPSA) is 63.7 Å². The van der Waals surface area contributed by atoms with Crippen molar-refractivity contribution in [1.29, 1.82) is 0 Å². The number of halogens is 1. The summed E-state index contributed by atoms with van der Waals surface area (Å²) in [5.41, 5.74) is 0. The summed E-state index contributed by atoms with van der Waals surface area (Å²) in [5.74, 6) is -0.437. The van der Waals surface area contributed by atoms with E-state index in [-0.39, 0.29) is 11.3 Å². The number of hydrogen-bond acceptors (Lipinski definition) is 4. The van der Waals surface area contributed by atoms with Gasteiger partial charge in [-0.15, -0.1) is 0 Å². The number of hydrogen-bond donors (Lipinski definition) is 0. The van der Waals surface area contributed by atoms with Crippen molar-refractivity contribution in [2.24, 2.45) is 0 Å². The van der Waals surface area contributed by atoms with E-state index < -0.39 is 22.2 Å². The monoisotopic (exact) mass is 303 g/mol. The minimum Gasteiger partial charge on any atom is -0.357 e. The molecule has 1 aliphatic heterocycles. The molecule has 1 atom stereocenters. The maximum absolute atomic E-state index is 12.4. The molecule has 0 aliphatic carbocycles. The number of benzene rings is 1. The molecule has 0 aromatic heterocycles. The van der Waals surface area contributed by atoms with Crippen molar-refractivity contribution >= 4 is 27.5 Å². The van der Waals surface area contributed by atoms with Gasteiger partial charge < -0.3 is 4.74 Å². The highest BCUT2D eigenvalue weighted by atomic mass is 35.5. The molecule has 1 unspecified atom stereocenters. The third kappa shape index (κ3) is 2.75. The number of carbonyl (C=O) groups is 1. The van der Waals surface area contributed by atoms with Crippen LogP contribution in [0.2, 0.25) is 5.02 Å². The Kier molecular flexibility index (Phi) is 4.13. The van der Waals surface area contributed by atoms with E-state index in [9.17, 15) is 13.2 Å². The van der Waals surface area contributed by atoms with Crippen molar-refractivity contribution in [1.82, 2.24) is 4.31 Å². The van der Waals surface area contributed by atoms with Crippen LogP contribution in [0, 0.1) is 0 Å². The Morgan fingerprint density at radius 2 is 2.00 bits per heavy atom. The molecule has 1 heterocycles. The average molecular weight is 304 g/mol. The smallest absolute Gasteiger partial charge is 0.268 e. The Balaban J connectivity index is 2.37. The van der Waals surface area contributed by atoms with Gasteiger partial charge in [0.25, 0.3) is 10.0 Å². The highest BCUT2D eigenvalue weighted by Gasteiger charge is 2.40. The fourth-order valence-electron chi connectivity index (χ4n) is 1.99. The first-order valence-electron chi connectivity index (χ1n) is 5.91. The van der Waals surface area contributed by atoms with Gasteiger partial charge in [0.2, 0.25) is 5.91 Å². The van der Waals surface area contributed by atoms with Crippen molar-refractivity contribution in [2.75, 3.05) is 6.61 Å². The van der Waals surface area contributed by atoms with E-state index >= 15 is 0 Å². The number of rotatable bonds is 4.